The minimum absolute atomic E-state index is 0.151. The van der Waals surface area contributed by atoms with Gasteiger partial charge < -0.3 is 5.32 Å². The summed E-state index contributed by atoms with van der Waals surface area (Å²) in [6, 6.07) is 13.7. The lowest BCUT2D eigenvalue weighted by Crippen LogP contribution is -2.18. The Balaban J connectivity index is 1.73. The van der Waals surface area contributed by atoms with Crippen molar-refractivity contribution >= 4 is 44.2 Å². The van der Waals surface area contributed by atoms with E-state index in [1.54, 1.807) is 41.2 Å². The number of hydrogen-bond donors (Lipinski definition) is 2. The van der Waals surface area contributed by atoms with Crippen molar-refractivity contribution in [3.63, 3.8) is 0 Å². The predicted molar refractivity (Wildman–Crippen MR) is 108 cm³/mol. The van der Waals surface area contributed by atoms with Crippen molar-refractivity contribution in [3.8, 4) is 5.82 Å². The first-order valence-electron chi connectivity index (χ1n) is 8.22. The number of fused-ring (bicyclic) bond motifs is 1. The molecular formula is C18H15ClN6O2S. The fraction of sp³-hybridized carbons (Fsp3) is 0.0556. The zero-order valence-electron chi connectivity index (χ0n) is 14.7. The van der Waals surface area contributed by atoms with E-state index in [1.807, 2.05) is 12.1 Å². The predicted octanol–water partition coefficient (Wildman–Crippen LogP) is 3.12. The van der Waals surface area contributed by atoms with E-state index >= 15 is 0 Å². The molecule has 4 rings (SSSR count). The van der Waals surface area contributed by atoms with E-state index in [-0.39, 0.29) is 4.90 Å². The highest BCUT2D eigenvalue weighted by molar-refractivity contribution is 7.89. The first-order chi connectivity index (χ1) is 13.5. The van der Waals surface area contributed by atoms with Crippen LogP contribution in [0.3, 0.4) is 0 Å². The number of anilines is 2. The average Bonchev–Trinajstić information content (AvgIpc) is 3.13. The van der Waals surface area contributed by atoms with Crippen molar-refractivity contribution in [1.29, 1.82) is 0 Å². The molecule has 2 aromatic heterocycles. The largest absolute Gasteiger partial charge is 0.340 e. The van der Waals surface area contributed by atoms with Gasteiger partial charge in [-0.05, 0) is 49.5 Å². The highest BCUT2D eigenvalue weighted by Crippen LogP contribution is 2.23. The van der Waals surface area contributed by atoms with Crippen molar-refractivity contribution in [2.75, 3.05) is 12.4 Å². The van der Waals surface area contributed by atoms with Crippen molar-refractivity contribution in [2.24, 2.45) is 0 Å². The molecule has 0 atom stereocenters. The molecule has 2 aromatic carbocycles. The number of aromatic nitrogens is 4. The number of nitrogens with zero attached hydrogens (tertiary/aromatic N) is 4. The van der Waals surface area contributed by atoms with E-state index in [0.717, 1.165) is 5.69 Å². The molecule has 28 heavy (non-hydrogen) atoms. The van der Waals surface area contributed by atoms with Crippen LogP contribution in [-0.4, -0.2) is 35.0 Å². The molecule has 10 heteroatoms. The Morgan fingerprint density at radius 1 is 1.00 bits per heavy atom. The summed E-state index contributed by atoms with van der Waals surface area (Å²) in [5, 5.41) is 3.82. The third-order valence-electron chi connectivity index (χ3n) is 4.11. The molecule has 0 amide bonds. The minimum Gasteiger partial charge on any atom is -0.340 e. The van der Waals surface area contributed by atoms with Crippen LogP contribution in [0.4, 0.5) is 11.5 Å². The van der Waals surface area contributed by atoms with E-state index < -0.39 is 10.0 Å². The van der Waals surface area contributed by atoms with Gasteiger partial charge in [-0.2, -0.15) is 0 Å². The lowest BCUT2D eigenvalue weighted by Gasteiger charge is -2.09. The van der Waals surface area contributed by atoms with E-state index in [1.165, 1.54) is 19.4 Å². The average molecular weight is 415 g/mol. The summed E-state index contributed by atoms with van der Waals surface area (Å²) in [7, 11) is -2.19. The molecular weight excluding hydrogens is 400 g/mol. The Bertz CT molecular complexity index is 1250. The minimum atomic E-state index is -3.57. The second-order valence-electron chi connectivity index (χ2n) is 5.87. The molecule has 2 heterocycles. The van der Waals surface area contributed by atoms with Crippen molar-refractivity contribution < 1.29 is 8.42 Å². The number of halogens is 1. The number of sulfonamides is 1. The molecule has 0 aliphatic heterocycles. The highest BCUT2D eigenvalue weighted by Gasteiger charge is 2.15. The fourth-order valence-corrected chi connectivity index (χ4v) is 3.56. The maximum absolute atomic E-state index is 12.1. The number of rotatable bonds is 5. The van der Waals surface area contributed by atoms with Gasteiger partial charge >= 0.3 is 0 Å². The van der Waals surface area contributed by atoms with Crippen LogP contribution < -0.4 is 10.0 Å². The normalized spacial score (nSPS) is 11.6. The highest BCUT2D eigenvalue weighted by atomic mass is 35.5. The third kappa shape index (κ3) is 3.55. The quantitative estimate of drug-likeness (QED) is 0.520. The van der Waals surface area contributed by atoms with Gasteiger partial charge in [0, 0.05) is 16.8 Å². The summed E-state index contributed by atoms with van der Waals surface area (Å²) in [6.45, 7) is 0. The number of benzene rings is 2. The monoisotopic (exact) mass is 414 g/mol. The van der Waals surface area contributed by atoms with Crippen LogP contribution in [0.5, 0.6) is 0 Å². The second-order valence-corrected chi connectivity index (χ2v) is 8.19. The Labute approximate surface area is 166 Å². The van der Waals surface area contributed by atoms with Crippen LogP contribution in [0.2, 0.25) is 5.02 Å². The third-order valence-corrected chi connectivity index (χ3v) is 5.78. The van der Waals surface area contributed by atoms with Gasteiger partial charge in [-0.15, -0.1) is 0 Å². The summed E-state index contributed by atoms with van der Waals surface area (Å²) in [6.07, 6.45) is 3.02. The zero-order chi connectivity index (χ0) is 19.7. The number of imidazole rings is 1. The van der Waals surface area contributed by atoms with Gasteiger partial charge in [0.2, 0.25) is 10.0 Å². The van der Waals surface area contributed by atoms with Crippen LogP contribution in [0.1, 0.15) is 0 Å². The van der Waals surface area contributed by atoms with Gasteiger partial charge in [0.1, 0.15) is 24.3 Å². The van der Waals surface area contributed by atoms with E-state index in [2.05, 4.69) is 25.0 Å². The van der Waals surface area contributed by atoms with Crippen molar-refractivity contribution in [1.82, 2.24) is 24.2 Å². The van der Waals surface area contributed by atoms with Crippen LogP contribution in [0, 0.1) is 0 Å². The SMILES string of the molecule is CNS(=O)(=O)c1ccc2ncn(-c3cc(Nc4ccc(Cl)cc4)ncn3)c2c1. The van der Waals surface area contributed by atoms with Crippen molar-refractivity contribution in [3.05, 3.63) is 66.2 Å². The molecule has 0 bridgehead atoms. The Kier molecular flexibility index (Phi) is 4.71. The lowest BCUT2D eigenvalue weighted by atomic mass is 10.3. The van der Waals surface area contributed by atoms with E-state index in [4.69, 9.17) is 11.6 Å². The van der Waals surface area contributed by atoms with Crippen LogP contribution in [0.25, 0.3) is 16.9 Å². The summed E-state index contributed by atoms with van der Waals surface area (Å²) in [4.78, 5) is 13.0. The maximum atomic E-state index is 12.1. The van der Waals surface area contributed by atoms with Gasteiger partial charge in [0.25, 0.3) is 0 Å². The van der Waals surface area contributed by atoms with Gasteiger partial charge in [-0.1, -0.05) is 11.6 Å². The van der Waals surface area contributed by atoms with Gasteiger partial charge in [0.05, 0.1) is 15.9 Å². The molecule has 0 spiro atoms. The molecule has 0 saturated heterocycles. The fourth-order valence-electron chi connectivity index (χ4n) is 2.68. The van der Waals surface area contributed by atoms with Crippen LogP contribution in [0.15, 0.2) is 66.1 Å². The topological polar surface area (TPSA) is 102 Å². The molecule has 4 aromatic rings. The summed E-state index contributed by atoms with van der Waals surface area (Å²) in [5.41, 5.74) is 2.10. The molecule has 142 valence electrons. The van der Waals surface area contributed by atoms with E-state index in [0.29, 0.717) is 27.7 Å². The summed E-state index contributed by atoms with van der Waals surface area (Å²) >= 11 is 5.91. The molecule has 8 nitrogen and oxygen atoms in total. The molecule has 0 fully saturated rings. The van der Waals surface area contributed by atoms with Gasteiger partial charge in [0.15, 0.2) is 0 Å². The molecule has 0 unspecified atom stereocenters. The first-order valence-corrected chi connectivity index (χ1v) is 10.1. The van der Waals surface area contributed by atoms with Crippen molar-refractivity contribution in [2.45, 2.75) is 4.90 Å². The van der Waals surface area contributed by atoms with E-state index in [9.17, 15) is 8.42 Å². The summed E-state index contributed by atoms with van der Waals surface area (Å²) < 4.78 is 28.2. The zero-order valence-corrected chi connectivity index (χ0v) is 16.2. The Morgan fingerprint density at radius 3 is 2.54 bits per heavy atom. The first kappa shape index (κ1) is 18.4. The molecule has 0 aliphatic carbocycles. The molecule has 0 aliphatic rings. The smallest absolute Gasteiger partial charge is 0.240 e. The maximum Gasteiger partial charge on any atom is 0.240 e. The number of nitrogens with one attached hydrogen (secondary N) is 2. The molecule has 2 N–H and O–H groups in total. The van der Waals surface area contributed by atoms with Crippen LogP contribution >= 0.6 is 11.6 Å². The van der Waals surface area contributed by atoms with Crippen LogP contribution in [-0.2, 0) is 10.0 Å². The standard InChI is InChI=1S/C18H15ClN6O2S/c1-20-28(26,27)14-6-7-15-16(8-14)25(11-23-15)18-9-17(21-10-22-18)24-13-4-2-12(19)3-5-13/h2-11,20H,1H3,(H,21,22,24). The molecule has 0 saturated carbocycles. The molecule has 0 radical (unpaired) electrons. The lowest BCUT2D eigenvalue weighted by molar-refractivity contribution is 0.588. The van der Waals surface area contributed by atoms with Gasteiger partial charge in [-0.25, -0.2) is 28.1 Å². The Morgan fingerprint density at radius 2 is 1.79 bits per heavy atom. The summed E-state index contributed by atoms with van der Waals surface area (Å²) in [5.74, 6) is 1.13. The number of hydrogen-bond acceptors (Lipinski definition) is 6. The Hall–Kier alpha value is -3.01. The second kappa shape index (κ2) is 7.19. The van der Waals surface area contributed by atoms with Gasteiger partial charge in [-0.3, -0.25) is 4.57 Å².